The molecule has 1 aromatic heterocycles. The van der Waals surface area contributed by atoms with Crippen LogP contribution < -0.4 is 5.32 Å². The van der Waals surface area contributed by atoms with Crippen LogP contribution in [0.2, 0.25) is 0 Å². The summed E-state index contributed by atoms with van der Waals surface area (Å²) in [7, 11) is 2.14. The van der Waals surface area contributed by atoms with E-state index in [2.05, 4.69) is 27.1 Å². The van der Waals surface area contributed by atoms with E-state index in [9.17, 15) is 9.59 Å². The lowest BCUT2D eigenvalue weighted by Crippen LogP contribution is -2.46. The Morgan fingerprint density at radius 1 is 1.36 bits per heavy atom. The fraction of sp³-hybridized carbons (Fsp3) is 0.562. The zero-order chi connectivity index (χ0) is 16.2. The van der Waals surface area contributed by atoms with Crippen molar-refractivity contribution in [3.8, 4) is 0 Å². The van der Waals surface area contributed by atoms with Gasteiger partial charge in [0.05, 0.1) is 0 Å². The van der Waals surface area contributed by atoms with Crippen molar-refractivity contribution in [3.63, 3.8) is 0 Å². The number of aromatic nitrogens is 1. The molecular formula is C16H26N4O2. The maximum atomic E-state index is 10.6. The van der Waals surface area contributed by atoms with Crippen LogP contribution in [-0.4, -0.2) is 73.3 Å². The molecule has 1 aromatic rings. The molecule has 1 aliphatic heterocycles. The molecule has 0 bridgehead atoms. The van der Waals surface area contributed by atoms with Crippen molar-refractivity contribution in [2.75, 3.05) is 46.3 Å². The molecule has 22 heavy (non-hydrogen) atoms. The van der Waals surface area contributed by atoms with E-state index < -0.39 is 0 Å². The van der Waals surface area contributed by atoms with Crippen LogP contribution in [0.5, 0.6) is 0 Å². The number of hydrogen-bond acceptors (Lipinski definition) is 5. The molecule has 1 amide bonds. The summed E-state index contributed by atoms with van der Waals surface area (Å²) in [5, 5.41) is 2.81. The van der Waals surface area contributed by atoms with Gasteiger partial charge in [-0.05, 0) is 18.7 Å². The molecule has 122 valence electrons. The summed E-state index contributed by atoms with van der Waals surface area (Å²) < 4.78 is 0. The van der Waals surface area contributed by atoms with Crippen molar-refractivity contribution in [1.82, 2.24) is 20.1 Å². The van der Waals surface area contributed by atoms with E-state index in [0.717, 1.165) is 51.1 Å². The Kier molecular flexibility index (Phi) is 9.02. The second-order valence-electron chi connectivity index (χ2n) is 5.36. The summed E-state index contributed by atoms with van der Waals surface area (Å²) in [4.78, 5) is 29.1. The molecular weight excluding hydrogens is 280 g/mol. The molecule has 0 radical (unpaired) electrons. The van der Waals surface area contributed by atoms with Gasteiger partial charge in [0, 0.05) is 65.0 Å². The summed E-state index contributed by atoms with van der Waals surface area (Å²) in [6, 6.07) is 3.69. The van der Waals surface area contributed by atoms with E-state index in [0.29, 0.717) is 6.42 Å². The molecule has 1 N–H and O–H groups in total. The molecule has 1 fully saturated rings. The van der Waals surface area contributed by atoms with Gasteiger partial charge < -0.3 is 15.0 Å². The van der Waals surface area contributed by atoms with E-state index in [1.165, 1.54) is 0 Å². The SMILES string of the molecule is CC(=O)NCCN1CCN(C)CC1.O=CCc1cccnc1. The third-order valence-electron chi connectivity index (χ3n) is 3.44. The van der Waals surface area contributed by atoms with Gasteiger partial charge in [-0.15, -0.1) is 0 Å². The van der Waals surface area contributed by atoms with Gasteiger partial charge in [0.1, 0.15) is 6.29 Å². The first-order valence-electron chi connectivity index (χ1n) is 7.59. The van der Waals surface area contributed by atoms with Gasteiger partial charge in [0.15, 0.2) is 0 Å². The van der Waals surface area contributed by atoms with Crippen molar-refractivity contribution < 1.29 is 9.59 Å². The van der Waals surface area contributed by atoms with Crippen LogP contribution in [0.1, 0.15) is 12.5 Å². The minimum atomic E-state index is 0.0640. The number of likely N-dealkylation sites (N-methyl/N-ethyl adjacent to an activating group) is 1. The highest BCUT2D eigenvalue weighted by molar-refractivity contribution is 5.72. The zero-order valence-corrected chi connectivity index (χ0v) is 13.5. The molecule has 1 aliphatic rings. The van der Waals surface area contributed by atoms with Gasteiger partial charge in [0.2, 0.25) is 5.91 Å². The number of carbonyl (C=O) groups excluding carboxylic acids is 2. The summed E-state index contributed by atoms with van der Waals surface area (Å²) in [6.07, 6.45) is 4.72. The Morgan fingerprint density at radius 3 is 2.64 bits per heavy atom. The van der Waals surface area contributed by atoms with E-state index in [1.807, 2.05) is 12.1 Å². The molecule has 2 heterocycles. The fourth-order valence-corrected chi connectivity index (χ4v) is 2.08. The Morgan fingerprint density at radius 2 is 2.09 bits per heavy atom. The van der Waals surface area contributed by atoms with Crippen molar-refractivity contribution >= 4 is 12.2 Å². The summed E-state index contributed by atoms with van der Waals surface area (Å²) in [5.74, 6) is 0.0640. The second kappa shape index (κ2) is 10.9. The third-order valence-corrected chi connectivity index (χ3v) is 3.44. The van der Waals surface area contributed by atoms with Crippen LogP contribution in [0, 0.1) is 0 Å². The van der Waals surface area contributed by atoms with Crippen molar-refractivity contribution in [3.05, 3.63) is 30.1 Å². The smallest absolute Gasteiger partial charge is 0.216 e. The molecule has 0 spiro atoms. The highest BCUT2D eigenvalue weighted by atomic mass is 16.1. The van der Waals surface area contributed by atoms with Gasteiger partial charge >= 0.3 is 0 Å². The van der Waals surface area contributed by atoms with Crippen LogP contribution in [0.3, 0.4) is 0 Å². The number of carbonyl (C=O) groups is 2. The van der Waals surface area contributed by atoms with Crippen LogP contribution in [-0.2, 0) is 16.0 Å². The number of amides is 1. The minimum absolute atomic E-state index is 0.0640. The predicted molar refractivity (Wildman–Crippen MR) is 86.6 cm³/mol. The molecule has 2 rings (SSSR count). The highest BCUT2D eigenvalue weighted by Gasteiger charge is 2.12. The normalized spacial score (nSPS) is 15.5. The maximum absolute atomic E-state index is 10.6. The Hall–Kier alpha value is -1.79. The standard InChI is InChI=1S/C9H19N3O.C7H7NO/c1-9(13)10-3-4-12-7-5-11(2)6-8-12;9-5-3-7-2-1-4-8-6-7/h3-8H2,1-2H3,(H,10,13);1-2,4-6H,3H2. The zero-order valence-electron chi connectivity index (χ0n) is 13.5. The monoisotopic (exact) mass is 306 g/mol. The molecule has 0 unspecified atom stereocenters. The Bertz CT molecular complexity index is 431. The number of nitrogens with one attached hydrogen (secondary N) is 1. The molecule has 6 nitrogen and oxygen atoms in total. The quantitative estimate of drug-likeness (QED) is 0.787. The van der Waals surface area contributed by atoms with E-state index >= 15 is 0 Å². The number of rotatable bonds is 5. The summed E-state index contributed by atoms with van der Waals surface area (Å²) in [6.45, 7) is 7.84. The lowest BCUT2D eigenvalue weighted by molar-refractivity contribution is -0.119. The number of hydrogen-bond donors (Lipinski definition) is 1. The summed E-state index contributed by atoms with van der Waals surface area (Å²) >= 11 is 0. The first-order valence-corrected chi connectivity index (χ1v) is 7.59. The second-order valence-corrected chi connectivity index (χ2v) is 5.36. The maximum Gasteiger partial charge on any atom is 0.216 e. The Labute approximate surface area is 132 Å². The van der Waals surface area contributed by atoms with E-state index in [1.54, 1.807) is 19.3 Å². The molecule has 6 heteroatoms. The van der Waals surface area contributed by atoms with Gasteiger partial charge in [0.25, 0.3) is 0 Å². The molecule has 1 saturated heterocycles. The van der Waals surface area contributed by atoms with E-state index in [4.69, 9.17) is 0 Å². The van der Waals surface area contributed by atoms with Gasteiger partial charge in [-0.25, -0.2) is 0 Å². The van der Waals surface area contributed by atoms with Crippen LogP contribution in [0.15, 0.2) is 24.5 Å². The molecule has 0 atom stereocenters. The lowest BCUT2D eigenvalue weighted by Gasteiger charge is -2.32. The number of nitrogens with zero attached hydrogens (tertiary/aromatic N) is 3. The topological polar surface area (TPSA) is 65.5 Å². The van der Waals surface area contributed by atoms with Crippen molar-refractivity contribution in [2.24, 2.45) is 0 Å². The largest absolute Gasteiger partial charge is 0.355 e. The minimum Gasteiger partial charge on any atom is -0.355 e. The summed E-state index contributed by atoms with van der Waals surface area (Å²) in [5.41, 5.74) is 0.965. The van der Waals surface area contributed by atoms with Crippen molar-refractivity contribution in [2.45, 2.75) is 13.3 Å². The van der Waals surface area contributed by atoms with E-state index in [-0.39, 0.29) is 5.91 Å². The lowest BCUT2D eigenvalue weighted by atomic mass is 10.2. The van der Waals surface area contributed by atoms with Crippen LogP contribution in [0.4, 0.5) is 0 Å². The molecule has 0 aliphatic carbocycles. The average Bonchev–Trinajstić information content (AvgIpc) is 2.51. The predicted octanol–water partition coefficient (Wildman–Crippen LogP) is 0.193. The Balaban J connectivity index is 0.000000235. The first kappa shape index (κ1) is 18.3. The van der Waals surface area contributed by atoms with Crippen LogP contribution in [0.25, 0.3) is 0 Å². The van der Waals surface area contributed by atoms with Crippen LogP contribution >= 0.6 is 0 Å². The first-order chi connectivity index (χ1) is 10.6. The number of pyridine rings is 1. The number of piperazine rings is 1. The van der Waals surface area contributed by atoms with Gasteiger partial charge in [-0.3, -0.25) is 14.7 Å². The van der Waals surface area contributed by atoms with Crippen molar-refractivity contribution in [1.29, 1.82) is 0 Å². The number of aldehydes is 1. The third kappa shape index (κ3) is 8.49. The molecule has 0 aromatic carbocycles. The molecule has 0 saturated carbocycles. The van der Waals surface area contributed by atoms with Gasteiger partial charge in [-0.1, -0.05) is 6.07 Å². The fourth-order valence-electron chi connectivity index (χ4n) is 2.08. The average molecular weight is 306 g/mol. The highest BCUT2D eigenvalue weighted by Crippen LogP contribution is 1.97. The van der Waals surface area contributed by atoms with Gasteiger partial charge in [-0.2, -0.15) is 0 Å².